The molecule has 6 nitrogen and oxygen atoms in total. The van der Waals surface area contributed by atoms with Gasteiger partial charge < -0.3 is 15.4 Å². The number of methoxy groups -OCH3 is 1. The molecule has 0 aliphatic heterocycles. The Bertz CT molecular complexity index is 946. The molecule has 0 unspecified atom stereocenters. The van der Waals surface area contributed by atoms with Gasteiger partial charge in [-0.2, -0.15) is 0 Å². The minimum atomic E-state index is -3.22. The van der Waals surface area contributed by atoms with Crippen LogP contribution in [0, 0.1) is 5.82 Å². The van der Waals surface area contributed by atoms with Gasteiger partial charge in [0.15, 0.2) is 15.8 Å². The molecule has 2 rings (SSSR count). The highest BCUT2D eigenvalue weighted by molar-refractivity contribution is 7.89. The van der Waals surface area contributed by atoms with E-state index < -0.39 is 15.7 Å². The summed E-state index contributed by atoms with van der Waals surface area (Å²) in [7, 11) is -1.57. The first-order valence-corrected chi connectivity index (χ1v) is 11.4. The number of nitrogens with zero attached hydrogens (tertiary/aromatic N) is 1. The lowest BCUT2D eigenvalue weighted by Gasteiger charge is -2.14. The van der Waals surface area contributed by atoms with Crippen LogP contribution in [0.4, 0.5) is 4.39 Å². The summed E-state index contributed by atoms with van der Waals surface area (Å²) in [6, 6.07) is 12.1. The van der Waals surface area contributed by atoms with Gasteiger partial charge in [-0.05, 0) is 41.3 Å². The van der Waals surface area contributed by atoms with Crippen molar-refractivity contribution in [3.05, 3.63) is 70.5 Å². The Morgan fingerprint density at radius 1 is 1.10 bits per heavy atom. The Hall–Kier alpha value is -2.45. The van der Waals surface area contributed by atoms with Gasteiger partial charge in [-0.3, -0.25) is 0 Å². The van der Waals surface area contributed by atoms with Crippen LogP contribution >= 0.6 is 0 Å². The van der Waals surface area contributed by atoms with Crippen LogP contribution in [0.5, 0.6) is 0 Å². The summed E-state index contributed by atoms with van der Waals surface area (Å²) in [6.45, 7) is 3.88. The van der Waals surface area contributed by atoms with Gasteiger partial charge in [-0.1, -0.05) is 30.3 Å². The zero-order valence-corrected chi connectivity index (χ0v) is 17.9. The van der Waals surface area contributed by atoms with Crippen molar-refractivity contribution in [2.75, 3.05) is 19.9 Å². The van der Waals surface area contributed by atoms with E-state index in [9.17, 15) is 12.8 Å². The third kappa shape index (κ3) is 8.21. The molecule has 0 atom stereocenters. The van der Waals surface area contributed by atoms with Crippen molar-refractivity contribution >= 4 is 15.8 Å². The molecule has 0 heterocycles. The number of sulfone groups is 1. The number of aliphatic imine (C=N–C) groups is 1. The fourth-order valence-corrected chi connectivity index (χ4v) is 3.70. The topological polar surface area (TPSA) is 79.8 Å². The highest BCUT2D eigenvalue weighted by Crippen LogP contribution is 2.14. The van der Waals surface area contributed by atoms with E-state index in [2.05, 4.69) is 15.6 Å². The van der Waals surface area contributed by atoms with Gasteiger partial charge in [-0.15, -0.1) is 0 Å². The summed E-state index contributed by atoms with van der Waals surface area (Å²) in [5.41, 5.74) is 3.27. The van der Waals surface area contributed by atoms with Gasteiger partial charge in [0.2, 0.25) is 0 Å². The first-order chi connectivity index (χ1) is 13.8. The number of guanidine groups is 1. The fraction of sp³-hybridized carbons (Fsp3) is 0.381. The molecule has 8 heteroatoms. The van der Waals surface area contributed by atoms with Gasteiger partial charge in [0, 0.05) is 26.5 Å². The monoisotopic (exact) mass is 421 g/mol. The van der Waals surface area contributed by atoms with Crippen LogP contribution in [0.3, 0.4) is 0 Å². The van der Waals surface area contributed by atoms with Gasteiger partial charge >= 0.3 is 0 Å². The highest BCUT2D eigenvalue weighted by atomic mass is 32.2. The molecule has 2 aromatic rings. The minimum Gasteiger partial charge on any atom is -0.380 e. The maximum absolute atomic E-state index is 13.7. The second-order valence-electron chi connectivity index (χ2n) is 6.78. The molecule has 29 heavy (non-hydrogen) atoms. The second-order valence-corrected chi connectivity index (χ2v) is 8.92. The van der Waals surface area contributed by atoms with Crippen LogP contribution in [-0.4, -0.2) is 34.3 Å². The molecule has 0 aliphatic rings. The molecule has 0 spiro atoms. The van der Waals surface area contributed by atoms with Crippen LogP contribution in [0.25, 0.3) is 0 Å². The quantitative estimate of drug-likeness (QED) is 0.481. The van der Waals surface area contributed by atoms with Gasteiger partial charge in [0.05, 0.1) is 18.9 Å². The van der Waals surface area contributed by atoms with E-state index in [-0.39, 0.29) is 12.3 Å². The Morgan fingerprint density at radius 3 is 2.55 bits per heavy atom. The number of rotatable bonds is 9. The fourth-order valence-electron chi connectivity index (χ4n) is 2.86. The molecular weight excluding hydrogens is 393 g/mol. The lowest BCUT2D eigenvalue weighted by Crippen LogP contribution is -2.37. The summed E-state index contributed by atoms with van der Waals surface area (Å²) in [5.74, 6) is 0.0275. The molecule has 0 bridgehead atoms. The Balaban J connectivity index is 2.12. The third-order valence-corrected chi connectivity index (χ3v) is 4.93. The molecule has 2 aromatic carbocycles. The standard InChI is InChI=1S/C21H28FN3O3S/c1-4-23-21(24-12-16-6-5-7-17(10-16)14-28-2)25-13-19-11-20(22)9-8-18(19)15-29(3,26)27/h5-11H,4,12-15H2,1-3H3,(H2,23,24,25). The van der Waals surface area contributed by atoms with Crippen LogP contribution in [-0.2, 0) is 40.0 Å². The van der Waals surface area contributed by atoms with Gasteiger partial charge in [0.25, 0.3) is 0 Å². The lowest BCUT2D eigenvalue weighted by atomic mass is 10.1. The van der Waals surface area contributed by atoms with Crippen LogP contribution in [0.15, 0.2) is 47.5 Å². The van der Waals surface area contributed by atoms with Crippen LogP contribution in [0.2, 0.25) is 0 Å². The van der Waals surface area contributed by atoms with E-state index in [4.69, 9.17) is 4.74 Å². The number of hydrogen-bond acceptors (Lipinski definition) is 4. The maximum atomic E-state index is 13.7. The minimum absolute atomic E-state index is 0.135. The van der Waals surface area contributed by atoms with Crippen LogP contribution in [0.1, 0.15) is 29.2 Å². The van der Waals surface area contributed by atoms with Gasteiger partial charge in [-0.25, -0.2) is 17.8 Å². The summed E-state index contributed by atoms with van der Waals surface area (Å²) in [6.07, 6.45) is 1.16. The van der Waals surface area contributed by atoms with Crippen molar-refractivity contribution in [2.24, 2.45) is 4.99 Å². The second kappa shape index (κ2) is 10.9. The number of benzene rings is 2. The number of nitrogens with one attached hydrogen (secondary N) is 2. The van der Waals surface area contributed by atoms with Crippen molar-refractivity contribution in [3.63, 3.8) is 0 Å². The molecule has 0 saturated carbocycles. The molecule has 0 fully saturated rings. The van der Waals surface area contributed by atoms with Crippen LogP contribution < -0.4 is 10.6 Å². The Kier molecular flexibility index (Phi) is 8.60. The van der Waals surface area contributed by atoms with Crippen molar-refractivity contribution < 1.29 is 17.5 Å². The molecule has 0 aliphatic carbocycles. The summed E-state index contributed by atoms with van der Waals surface area (Å²) in [4.78, 5) is 4.57. The molecule has 2 N–H and O–H groups in total. The van der Waals surface area contributed by atoms with Crippen molar-refractivity contribution in [1.29, 1.82) is 0 Å². The Labute approximate surface area is 172 Å². The van der Waals surface area contributed by atoms with E-state index in [1.54, 1.807) is 7.11 Å². The van der Waals surface area contributed by atoms with E-state index >= 15 is 0 Å². The predicted molar refractivity (Wildman–Crippen MR) is 114 cm³/mol. The molecule has 0 amide bonds. The van der Waals surface area contributed by atoms with Crippen molar-refractivity contribution in [2.45, 2.75) is 32.4 Å². The van der Waals surface area contributed by atoms with Gasteiger partial charge in [0.1, 0.15) is 5.82 Å². The van der Waals surface area contributed by atoms with Crippen molar-refractivity contribution in [1.82, 2.24) is 10.6 Å². The first-order valence-electron chi connectivity index (χ1n) is 9.34. The summed E-state index contributed by atoms with van der Waals surface area (Å²) < 4.78 is 42.2. The van der Waals surface area contributed by atoms with E-state index in [1.807, 2.05) is 31.2 Å². The zero-order chi connectivity index (χ0) is 21.3. The molecular formula is C21H28FN3O3S. The largest absolute Gasteiger partial charge is 0.380 e. The van der Waals surface area contributed by atoms with E-state index in [0.29, 0.717) is 36.8 Å². The maximum Gasteiger partial charge on any atom is 0.191 e. The average Bonchev–Trinajstić information content (AvgIpc) is 2.65. The molecule has 158 valence electrons. The van der Waals surface area contributed by atoms with E-state index in [0.717, 1.165) is 17.4 Å². The summed E-state index contributed by atoms with van der Waals surface area (Å²) in [5, 5.41) is 6.30. The van der Waals surface area contributed by atoms with E-state index in [1.165, 1.54) is 18.2 Å². The molecule has 0 aromatic heterocycles. The normalized spacial score (nSPS) is 12.1. The lowest BCUT2D eigenvalue weighted by molar-refractivity contribution is 0.185. The SMILES string of the molecule is CCNC(=NCc1cccc(COC)c1)NCc1cc(F)ccc1CS(C)(=O)=O. The predicted octanol–water partition coefficient (Wildman–Crippen LogP) is 2.77. The van der Waals surface area contributed by atoms with Crippen molar-refractivity contribution in [3.8, 4) is 0 Å². The number of ether oxygens (including phenoxy) is 1. The molecule has 0 saturated heterocycles. The molecule has 0 radical (unpaired) electrons. The smallest absolute Gasteiger partial charge is 0.191 e. The summed E-state index contributed by atoms with van der Waals surface area (Å²) >= 11 is 0. The average molecular weight is 422 g/mol. The number of hydrogen-bond donors (Lipinski definition) is 2. The zero-order valence-electron chi connectivity index (χ0n) is 17.0. The Morgan fingerprint density at radius 2 is 1.86 bits per heavy atom. The number of halogens is 1. The third-order valence-electron chi connectivity index (χ3n) is 4.10. The first kappa shape index (κ1) is 22.8. The highest BCUT2D eigenvalue weighted by Gasteiger charge is 2.11.